The Kier molecular flexibility index (Phi) is 15.4. The van der Waals surface area contributed by atoms with E-state index in [9.17, 15) is 0 Å². The lowest BCUT2D eigenvalue weighted by Crippen LogP contribution is -1.87. The molecule has 44 valence electrons. The third-order valence-electron chi connectivity index (χ3n) is 0. The van der Waals surface area contributed by atoms with Crippen molar-refractivity contribution in [2.45, 2.75) is 6.92 Å². The van der Waals surface area contributed by atoms with E-state index >= 15 is 0 Å². The van der Waals surface area contributed by atoms with Crippen molar-refractivity contribution in [3.63, 3.8) is 0 Å². The zero-order chi connectivity index (χ0) is 6.28. The Morgan fingerprint density at radius 3 is 1.43 bits per heavy atom. The number of halogens is 3. The molecule has 0 aromatic carbocycles. The standard InChI is InChI=1S/C2H7N.BCl3/c1-2-3;2-1(3)4/h2-3H2,1H3;. The minimum Gasteiger partial charge on any atom is -0.331 e. The maximum atomic E-state index is 4.85. The van der Waals surface area contributed by atoms with Crippen LogP contribution < -0.4 is 5.73 Å². The fourth-order valence-corrected chi connectivity index (χ4v) is 0. The third-order valence-corrected chi connectivity index (χ3v) is 0. The molecule has 0 saturated heterocycles. The predicted octanol–water partition coefficient (Wildman–Crippen LogP) is 1.65. The van der Waals surface area contributed by atoms with Crippen molar-refractivity contribution >= 4 is 39.3 Å². The Balaban J connectivity index is 0. The zero-order valence-corrected chi connectivity index (χ0v) is 6.26. The van der Waals surface area contributed by atoms with Crippen molar-refractivity contribution < 1.29 is 0 Å². The molecule has 0 atom stereocenters. The molecule has 0 radical (unpaired) electrons. The molecule has 0 bridgehead atoms. The summed E-state index contributed by atoms with van der Waals surface area (Å²) in [7, 11) is 0. The van der Waals surface area contributed by atoms with E-state index in [2.05, 4.69) is 0 Å². The molecule has 0 saturated carbocycles. The molecule has 0 heterocycles. The van der Waals surface area contributed by atoms with E-state index < -0.39 is 4.96 Å². The van der Waals surface area contributed by atoms with Crippen LogP contribution in [0.25, 0.3) is 0 Å². The number of hydrogen-bond acceptors (Lipinski definition) is 1. The first kappa shape index (κ1) is 10.8. The smallest absolute Gasteiger partial charge is 0.331 e. The minimum absolute atomic E-state index is 0.750. The highest BCUT2D eigenvalue weighted by Crippen LogP contribution is 1.97. The molecule has 5 heteroatoms. The van der Waals surface area contributed by atoms with Gasteiger partial charge in [0.15, 0.2) is 0 Å². The Bertz CT molecular complexity index is 24.1. The van der Waals surface area contributed by atoms with Gasteiger partial charge in [0.1, 0.15) is 0 Å². The van der Waals surface area contributed by atoms with Crippen molar-refractivity contribution in [2.75, 3.05) is 6.54 Å². The molecular weight excluding hydrogens is 155 g/mol. The van der Waals surface area contributed by atoms with Gasteiger partial charge in [-0.15, -0.1) is 0 Å². The first-order valence-electron chi connectivity index (χ1n) is 1.77. The molecule has 2 N–H and O–H groups in total. The quantitative estimate of drug-likeness (QED) is 0.538. The van der Waals surface area contributed by atoms with Crippen LogP contribution in [0.1, 0.15) is 6.92 Å². The van der Waals surface area contributed by atoms with Crippen molar-refractivity contribution in [3.8, 4) is 0 Å². The Morgan fingerprint density at radius 1 is 1.43 bits per heavy atom. The molecule has 0 fully saturated rings. The molecular formula is C2H7BCl3N. The topological polar surface area (TPSA) is 26.0 Å². The van der Waals surface area contributed by atoms with E-state index in [-0.39, 0.29) is 0 Å². The van der Waals surface area contributed by atoms with Crippen LogP contribution >= 0.6 is 34.4 Å². The summed E-state index contributed by atoms with van der Waals surface area (Å²) in [4.78, 5) is -0.750. The number of hydrogen-bond donors (Lipinski definition) is 1. The maximum absolute atomic E-state index is 4.85. The van der Waals surface area contributed by atoms with Crippen molar-refractivity contribution in [2.24, 2.45) is 5.73 Å². The first-order valence-corrected chi connectivity index (χ1v) is 3.08. The third kappa shape index (κ3) is 206. The minimum atomic E-state index is -0.750. The summed E-state index contributed by atoms with van der Waals surface area (Å²) < 4.78 is 0. The molecule has 0 aromatic heterocycles. The fraction of sp³-hybridized carbons (Fsp3) is 1.00. The second-order valence-corrected chi connectivity index (χ2v) is 2.64. The second kappa shape index (κ2) is 10.00. The van der Waals surface area contributed by atoms with E-state index in [0.717, 1.165) is 6.54 Å². The molecule has 0 amide bonds. The van der Waals surface area contributed by atoms with Crippen LogP contribution in [0.3, 0.4) is 0 Å². The normalized spacial score (nSPS) is 6.43. The summed E-state index contributed by atoms with van der Waals surface area (Å²) in [6.45, 7) is 2.65. The fourth-order valence-electron chi connectivity index (χ4n) is 0. The van der Waals surface area contributed by atoms with Gasteiger partial charge in [0, 0.05) is 0 Å². The van der Waals surface area contributed by atoms with Crippen LogP contribution in [-0.2, 0) is 0 Å². The van der Waals surface area contributed by atoms with Gasteiger partial charge in [0.05, 0.1) is 0 Å². The van der Waals surface area contributed by atoms with Gasteiger partial charge in [-0.3, -0.25) is 0 Å². The predicted molar refractivity (Wildman–Crippen MR) is 38.0 cm³/mol. The second-order valence-electron chi connectivity index (χ2n) is 0.656. The van der Waals surface area contributed by atoms with Gasteiger partial charge in [0.2, 0.25) is 0 Å². The van der Waals surface area contributed by atoms with E-state index in [0.29, 0.717) is 0 Å². The average molecular weight is 162 g/mol. The Hall–Kier alpha value is 0.895. The van der Waals surface area contributed by atoms with E-state index in [1.165, 1.54) is 0 Å². The molecule has 7 heavy (non-hydrogen) atoms. The van der Waals surface area contributed by atoms with Gasteiger partial charge in [0.25, 0.3) is 0 Å². The van der Waals surface area contributed by atoms with Crippen LogP contribution in [0.5, 0.6) is 0 Å². The summed E-state index contributed by atoms with van der Waals surface area (Å²) in [5.74, 6) is 0. The maximum Gasteiger partial charge on any atom is 0.450 e. The summed E-state index contributed by atoms with van der Waals surface area (Å²) in [5.41, 5.74) is 4.85. The lowest BCUT2D eigenvalue weighted by molar-refractivity contribution is 1.14. The molecule has 0 aliphatic heterocycles. The number of rotatable bonds is 0. The van der Waals surface area contributed by atoms with Crippen molar-refractivity contribution in [1.82, 2.24) is 0 Å². The van der Waals surface area contributed by atoms with Crippen LogP contribution in [0.4, 0.5) is 0 Å². The van der Waals surface area contributed by atoms with Gasteiger partial charge in [-0.05, 0) is 6.54 Å². The Morgan fingerprint density at radius 2 is 1.43 bits per heavy atom. The van der Waals surface area contributed by atoms with E-state index in [4.69, 9.17) is 40.1 Å². The number of nitrogens with two attached hydrogens (primary N) is 1. The zero-order valence-electron chi connectivity index (χ0n) is 4.00. The van der Waals surface area contributed by atoms with Crippen molar-refractivity contribution in [1.29, 1.82) is 0 Å². The van der Waals surface area contributed by atoms with Crippen LogP contribution in [-0.4, -0.2) is 11.5 Å². The molecule has 0 aromatic rings. The molecule has 0 spiro atoms. The van der Waals surface area contributed by atoms with Crippen LogP contribution in [0.15, 0.2) is 0 Å². The summed E-state index contributed by atoms with van der Waals surface area (Å²) in [6.07, 6.45) is 0. The van der Waals surface area contributed by atoms with Gasteiger partial charge in [-0.1, -0.05) is 6.92 Å². The summed E-state index contributed by atoms with van der Waals surface area (Å²) in [6, 6.07) is 0. The largest absolute Gasteiger partial charge is 0.450 e. The highest BCUT2D eigenvalue weighted by atomic mass is 35.6. The Labute approximate surface area is 58.9 Å². The van der Waals surface area contributed by atoms with Crippen molar-refractivity contribution in [3.05, 3.63) is 0 Å². The van der Waals surface area contributed by atoms with Gasteiger partial charge in [-0.2, -0.15) is 34.4 Å². The van der Waals surface area contributed by atoms with E-state index in [1.54, 1.807) is 0 Å². The lowest BCUT2D eigenvalue weighted by atomic mass is 10.7. The molecule has 1 nitrogen and oxygen atoms in total. The van der Waals surface area contributed by atoms with Gasteiger partial charge in [-0.25, -0.2) is 0 Å². The molecule has 0 unspecified atom stereocenters. The first-order chi connectivity index (χ1) is 3.15. The monoisotopic (exact) mass is 161 g/mol. The SMILES string of the molecule is CCN.ClB(Cl)Cl. The lowest BCUT2D eigenvalue weighted by Gasteiger charge is -1.61. The molecule has 0 rings (SSSR count). The van der Waals surface area contributed by atoms with Gasteiger partial charge < -0.3 is 5.73 Å². The van der Waals surface area contributed by atoms with E-state index in [1.807, 2.05) is 6.92 Å². The van der Waals surface area contributed by atoms with Crippen LogP contribution in [0, 0.1) is 0 Å². The summed E-state index contributed by atoms with van der Waals surface area (Å²) >= 11 is 14.4. The highest BCUT2D eigenvalue weighted by Gasteiger charge is 1.91. The van der Waals surface area contributed by atoms with Crippen LogP contribution in [0.2, 0.25) is 0 Å². The summed E-state index contributed by atoms with van der Waals surface area (Å²) in [5, 5.41) is 0. The molecule has 0 aliphatic rings. The average Bonchev–Trinajstić information content (AvgIpc) is 1.33. The highest BCUT2D eigenvalue weighted by molar-refractivity contribution is 7.54. The molecule has 0 aliphatic carbocycles. The van der Waals surface area contributed by atoms with Gasteiger partial charge >= 0.3 is 4.96 Å².